The van der Waals surface area contributed by atoms with Crippen molar-refractivity contribution in [3.63, 3.8) is 0 Å². The van der Waals surface area contributed by atoms with Crippen molar-refractivity contribution in [2.75, 3.05) is 11.0 Å². The first-order chi connectivity index (χ1) is 6.74. The largest absolute Gasteiger partial charge is 0.313 e. The Morgan fingerprint density at radius 2 is 2.21 bits per heavy atom. The molecule has 0 saturated carbocycles. The van der Waals surface area contributed by atoms with Crippen LogP contribution in [0.3, 0.4) is 0 Å². The maximum Gasteiger partial charge on any atom is 0.141 e. The average Bonchev–Trinajstić information content (AvgIpc) is 2.18. The Kier molecular flexibility index (Phi) is 5.74. The maximum atomic E-state index is 12.8. The van der Waals surface area contributed by atoms with E-state index in [0.29, 0.717) is 0 Å². The van der Waals surface area contributed by atoms with Crippen LogP contribution < -0.4 is 5.32 Å². The number of alkyl halides is 1. The molecule has 0 aliphatic heterocycles. The highest BCUT2D eigenvalue weighted by Gasteiger charge is 1.99. The number of rotatable bonds is 5. The van der Waals surface area contributed by atoms with Crippen molar-refractivity contribution < 1.29 is 4.39 Å². The quantitative estimate of drug-likeness (QED) is 0.496. The summed E-state index contributed by atoms with van der Waals surface area (Å²) in [6.07, 6.45) is 1.15. The second kappa shape index (κ2) is 6.58. The third-order valence-electron chi connectivity index (χ3n) is 1.80. The van der Waals surface area contributed by atoms with Gasteiger partial charge in [0, 0.05) is 11.0 Å². The number of benzene rings is 1. The van der Waals surface area contributed by atoms with Crippen LogP contribution in [0.15, 0.2) is 18.2 Å². The molecule has 0 aromatic heterocycles. The number of hydrogen-bond donors (Lipinski definition) is 1. The van der Waals surface area contributed by atoms with Crippen molar-refractivity contribution in [3.8, 4) is 0 Å². The predicted octanol–water partition coefficient (Wildman–Crippen LogP) is 3.39. The van der Waals surface area contributed by atoms with Crippen LogP contribution in [0.5, 0.6) is 0 Å². The minimum absolute atomic E-state index is 0.193. The molecule has 78 valence electrons. The van der Waals surface area contributed by atoms with E-state index in [0.717, 1.165) is 29.5 Å². The van der Waals surface area contributed by atoms with E-state index in [1.54, 1.807) is 12.1 Å². The van der Waals surface area contributed by atoms with E-state index in [9.17, 15) is 4.39 Å². The lowest BCUT2D eigenvalue weighted by molar-refractivity contribution is 0.625. The fourth-order valence-corrected chi connectivity index (χ4v) is 1.66. The highest BCUT2D eigenvalue weighted by atomic mass is 127. The molecule has 0 fully saturated rings. The zero-order chi connectivity index (χ0) is 10.4. The minimum atomic E-state index is -0.359. The number of hydrogen-bond acceptors (Lipinski definition) is 1. The molecule has 0 spiro atoms. The van der Waals surface area contributed by atoms with Gasteiger partial charge in [-0.05, 0) is 30.7 Å². The highest BCUT2D eigenvalue weighted by molar-refractivity contribution is 14.1. The summed E-state index contributed by atoms with van der Waals surface area (Å²) in [5, 5.41) is 3.46. The van der Waals surface area contributed by atoms with Gasteiger partial charge < -0.3 is 5.32 Å². The Hall–Kier alpha value is 0.130. The summed E-state index contributed by atoms with van der Waals surface area (Å²) in [6.45, 7) is 1.73. The van der Waals surface area contributed by atoms with Crippen molar-refractivity contribution in [3.05, 3.63) is 34.6 Å². The molecule has 0 aliphatic rings. The lowest BCUT2D eigenvalue weighted by Gasteiger charge is -2.04. The van der Waals surface area contributed by atoms with Crippen LogP contribution in [0.25, 0.3) is 0 Å². The van der Waals surface area contributed by atoms with Crippen molar-refractivity contribution in [2.45, 2.75) is 13.0 Å². The first kappa shape index (κ1) is 12.2. The maximum absolute atomic E-state index is 12.8. The first-order valence-corrected chi connectivity index (χ1v) is 6.35. The van der Waals surface area contributed by atoms with Crippen LogP contribution in [-0.4, -0.2) is 11.0 Å². The molecular weight excluding hydrogens is 315 g/mol. The van der Waals surface area contributed by atoms with Crippen LogP contribution in [0.4, 0.5) is 4.39 Å². The van der Waals surface area contributed by atoms with Crippen LogP contribution in [-0.2, 0) is 6.54 Å². The van der Waals surface area contributed by atoms with Crippen molar-refractivity contribution in [1.82, 2.24) is 5.32 Å². The van der Waals surface area contributed by atoms with E-state index in [1.165, 1.54) is 6.07 Å². The Labute approximate surface area is 102 Å². The zero-order valence-electron chi connectivity index (χ0n) is 7.69. The summed E-state index contributed by atoms with van der Waals surface area (Å²) in [5.41, 5.74) is 1.02. The molecule has 1 N–H and O–H groups in total. The molecule has 14 heavy (non-hydrogen) atoms. The molecule has 0 aliphatic carbocycles. The summed E-state index contributed by atoms with van der Waals surface area (Å²) in [4.78, 5) is 0. The van der Waals surface area contributed by atoms with Crippen LogP contribution >= 0.6 is 34.2 Å². The van der Waals surface area contributed by atoms with Gasteiger partial charge in [-0.2, -0.15) is 0 Å². The fourth-order valence-electron chi connectivity index (χ4n) is 1.07. The lowest BCUT2D eigenvalue weighted by Crippen LogP contribution is -2.14. The summed E-state index contributed by atoms with van der Waals surface area (Å²) < 4.78 is 13.9. The van der Waals surface area contributed by atoms with Crippen molar-refractivity contribution in [2.24, 2.45) is 0 Å². The van der Waals surface area contributed by atoms with Crippen molar-refractivity contribution in [1.29, 1.82) is 0 Å². The van der Waals surface area contributed by atoms with E-state index in [-0.39, 0.29) is 10.8 Å². The van der Waals surface area contributed by atoms with Gasteiger partial charge in [0.15, 0.2) is 0 Å². The smallest absolute Gasteiger partial charge is 0.141 e. The normalized spacial score (nSPS) is 10.5. The highest BCUT2D eigenvalue weighted by Crippen LogP contribution is 2.15. The van der Waals surface area contributed by atoms with E-state index in [2.05, 4.69) is 27.9 Å². The summed E-state index contributed by atoms with van der Waals surface area (Å²) >= 11 is 7.99. The minimum Gasteiger partial charge on any atom is -0.313 e. The molecule has 1 rings (SSSR count). The molecule has 1 aromatic carbocycles. The van der Waals surface area contributed by atoms with Gasteiger partial charge in [0.1, 0.15) is 5.82 Å². The van der Waals surface area contributed by atoms with E-state index >= 15 is 0 Å². The van der Waals surface area contributed by atoms with Gasteiger partial charge in [-0.25, -0.2) is 4.39 Å². The lowest BCUT2D eigenvalue weighted by atomic mass is 10.2. The summed E-state index contributed by atoms with van der Waals surface area (Å²) in [7, 11) is 0. The van der Waals surface area contributed by atoms with Gasteiger partial charge in [0.25, 0.3) is 0 Å². The Morgan fingerprint density at radius 1 is 1.43 bits per heavy atom. The third-order valence-corrected chi connectivity index (χ3v) is 2.85. The predicted molar refractivity (Wildman–Crippen MR) is 66.6 cm³/mol. The molecule has 0 saturated heterocycles. The van der Waals surface area contributed by atoms with Crippen LogP contribution in [0.1, 0.15) is 12.0 Å². The molecule has 4 heteroatoms. The van der Waals surface area contributed by atoms with Crippen molar-refractivity contribution >= 4 is 34.2 Å². The number of halogens is 3. The second-order valence-electron chi connectivity index (χ2n) is 2.97. The molecule has 0 amide bonds. The summed E-state index contributed by atoms with van der Waals surface area (Å²) in [6, 6.07) is 4.81. The Balaban J connectivity index is 2.39. The van der Waals surface area contributed by atoms with Gasteiger partial charge in [-0.3, -0.25) is 0 Å². The van der Waals surface area contributed by atoms with E-state index in [1.807, 2.05) is 0 Å². The van der Waals surface area contributed by atoms with Gasteiger partial charge >= 0.3 is 0 Å². The molecule has 0 unspecified atom stereocenters. The molecule has 0 atom stereocenters. The zero-order valence-corrected chi connectivity index (χ0v) is 10.6. The van der Waals surface area contributed by atoms with Gasteiger partial charge in [-0.1, -0.05) is 40.3 Å². The Bertz CT molecular complexity index is 293. The Morgan fingerprint density at radius 3 is 2.86 bits per heavy atom. The first-order valence-electron chi connectivity index (χ1n) is 4.44. The van der Waals surface area contributed by atoms with Crippen LogP contribution in [0, 0.1) is 5.82 Å². The molecule has 1 nitrogen and oxygen atoms in total. The molecular formula is C10H12ClFIN. The topological polar surface area (TPSA) is 12.0 Å². The van der Waals surface area contributed by atoms with Gasteiger partial charge in [0.2, 0.25) is 0 Å². The SMILES string of the molecule is Fc1ccc(CNCCCI)cc1Cl. The standard InChI is InChI=1S/C10H12ClFIN/c11-9-6-8(2-3-10(9)12)7-14-5-1-4-13/h2-3,6,14H,1,4-5,7H2. The fraction of sp³-hybridized carbons (Fsp3) is 0.400. The third kappa shape index (κ3) is 4.11. The van der Waals surface area contributed by atoms with Gasteiger partial charge in [0.05, 0.1) is 5.02 Å². The van der Waals surface area contributed by atoms with E-state index < -0.39 is 0 Å². The summed E-state index contributed by atoms with van der Waals surface area (Å²) in [5.74, 6) is -0.359. The molecule has 1 aromatic rings. The monoisotopic (exact) mass is 327 g/mol. The number of nitrogens with one attached hydrogen (secondary N) is 1. The average molecular weight is 328 g/mol. The second-order valence-corrected chi connectivity index (χ2v) is 4.45. The van der Waals surface area contributed by atoms with Gasteiger partial charge in [-0.15, -0.1) is 0 Å². The molecule has 0 radical (unpaired) electrons. The molecule has 0 bridgehead atoms. The molecule has 0 heterocycles. The van der Waals surface area contributed by atoms with Crippen LogP contribution in [0.2, 0.25) is 5.02 Å². The van der Waals surface area contributed by atoms with E-state index in [4.69, 9.17) is 11.6 Å².